The highest BCUT2D eigenvalue weighted by molar-refractivity contribution is 7.26. The minimum Gasteiger partial charge on any atom is -0.372 e. The molecule has 6 heteroatoms. The van der Waals surface area contributed by atoms with Gasteiger partial charge in [0.15, 0.2) is 0 Å². The lowest BCUT2D eigenvalue weighted by molar-refractivity contribution is 0.866. The molecule has 0 N–H and O–H groups in total. The van der Waals surface area contributed by atoms with Gasteiger partial charge in [0.25, 0.3) is 0 Å². The summed E-state index contributed by atoms with van der Waals surface area (Å²) in [6.07, 6.45) is 0. The van der Waals surface area contributed by atoms with Gasteiger partial charge in [-0.05, 0) is 170 Å². The number of rotatable bonds is 11. The lowest BCUT2D eigenvalue weighted by Gasteiger charge is -2.21. The Balaban J connectivity index is 0.967. The van der Waals surface area contributed by atoms with Crippen LogP contribution >= 0.6 is 22.7 Å². The van der Waals surface area contributed by atoms with Gasteiger partial charge >= 0.3 is 0 Å². The van der Waals surface area contributed by atoms with Gasteiger partial charge in [-0.25, -0.2) is 0 Å². The van der Waals surface area contributed by atoms with E-state index in [0.29, 0.717) is 0 Å². The molecule has 4 aromatic heterocycles. The third-order valence-corrected chi connectivity index (χ3v) is 18.2. The quantitative estimate of drug-likeness (QED) is 0.128. The Hall–Kier alpha value is -8.16. The smallest absolute Gasteiger partial charge is 0.0541 e. The fraction of sp³-hybridized carbons (Fsp3) is 0.118. The van der Waals surface area contributed by atoms with E-state index in [-0.39, 0.29) is 0 Å². The molecule has 0 radical (unpaired) electrons. The number of fused-ring (bicyclic) bond motifs is 12. The molecule has 14 rings (SSSR count). The van der Waals surface area contributed by atoms with Crippen LogP contribution in [0.3, 0.4) is 0 Å². The Bertz CT molecular complexity index is 4190. The van der Waals surface area contributed by atoms with Crippen molar-refractivity contribution in [2.24, 2.45) is 0 Å². The predicted molar refractivity (Wildman–Crippen MR) is 324 cm³/mol. The first-order chi connectivity index (χ1) is 36.5. The predicted octanol–water partition coefficient (Wildman–Crippen LogP) is 19.3. The zero-order chi connectivity index (χ0) is 49.6. The standard InChI is InChI=1S/C68H54N4S2/c1-5-69(6-2)47-27-31-49(32-28-47)71-61-35-23-43(39-57(61)59-41-45(25-37-63(59)71)51-17-13-19-55-53-15-9-11-21-65(53)73-67(51)55)44-24-36-62-58(40-44)60-42-46(52-18-14-20-56-54-16-10-12-22-66(54)74-68(52)56)26-38-64(60)72(62)50-33-29-48(30-34-50)70(7-3)8-4/h9-42H,5-8H2,1-4H3. The van der Waals surface area contributed by atoms with Crippen LogP contribution in [0.15, 0.2) is 206 Å². The summed E-state index contributed by atoms with van der Waals surface area (Å²) in [7, 11) is 0. The second-order valence-electron chi connectivity index (χ2n) is 19.5. The molecule has 4 heterocycles. The molecule has 0 atom stereocenters. The molecule has 0 saturated heterocycles. The molecule has 74 heavy (non-hydrogen) atoms. The average Bonchev–Trinajstić information content (AvgIpc) is 4.24. The van der Waals surface area contributed by atoms with Crippen LogP contribution in [0.5, 0.6) is 0 Å². The maximum atomic E-state index is 2.46. The number of anilines is 2. The number of hydrogen-bond donors (Lipinski definition) is 0. The van der Waals surface area contributed by atoms with E-state index in [0.717, 1.165) is 37.6 Å². The van der Waals surface area contributed by atoms with Crippen LogP contribution in [0.4, 0.5) is 11.4 Å². The van der Waals surface area contributed by atoms with Gasteiger partial charge in [0.05, 0.1) is 22.1 Å². The van der Waals surface area contributed by atoms with Crippen molar-refractivity contribution >= 4 is 118 Å². The van der Waals surface area contributed by atoms with Gasteiger partial charge in [-0.2, -0.15) is 0 Å². The first kappa shape index (κ1) is 44.5. The maximum Gasteiger partial charge on any atom is 0.0541 e. The zero-order valence-electron chi connectivity index (χ0n) is 42.1. The number of hydrogen-bond acceptors (Lipinski definition) is 4. The van der Waals surface area contributed by atoms with Gasteiger partial charge < -0.3 is 18.9 Å². The summed E-state index contributed by atoms with van der Waals surface area (Å²) in [5, 5.41) is 10.3. The van der Waals surface area contributed by atoms with Gasteiger partial charge in [-0.15, -0.1) is 22.7 Å². The highest BCUT2D eigenvalue weighted by Crippen LogP contribution is 2.45. The van der Waals surface area contributed by atoms with E-state index in [1.807, 2.05) is 22.7 Å². The first-order valence-electron chi connectivity index (χ1n) is 26.2. The Morgan fingerprint density at radius 3 is 1.03 bits per heavy atom. The minimum absolute atomic E-state index is 0.976. The van der Waals surface area contributed by atoms with Crippen molar-refractivity contribution < 1.29 is 0 Å². The Labute approximate surface area is 439 Å². The molecular formula is C68H54N4S2. The van der Waals surface area contributed by atoms with Gasteiger partial charge in [0.1, 0.15) is 0 Å². The van der Waals surface area contributed by atoms with E-state index >= 15 is 0 Å². The molecular weight excluding hydrogens is 937 g/mol. The summed E-state index contributed by atoms with van der Waals surface area (Å²) in [6, 6.07) is 78.0. The van der Waals surface area contributed by atoms with E-state index in [9.17, 15) is 0 Å². The molecule has 0 aliphatic rings. The summed E-state index contributed by atoms with van der Waals surface area (Å²) < 4.78 is 10.2. The van der Waals surface area contributed by atoms with Gasteiger partial charge in [-0.3, -0.25) is 0 Å². The van der Waals surface area contributed by atoms with E-state index < -0.39 is 0 Å². The lowest BCUT2D eigenvalue weighted by atomic mass is 9.98. The second kappa shape index (κ2) is 17.8. The van der Waals surface area contributed by atoms with Crippen LogP contribution in [-0.2, 0) is 0 Å². The number of thiophene rings is 2. The molecule has 0 spiro atoms. The largest absolute Gasteiger partial charge is 0.372 e. The van der Waals surface area contributed by atoms with Gasteiger partial charge in [0.2, 0.25) is 0 Å². The van der Waals surface area contributed by atoms with E-state index in [2.05, 4.69) is 253 Å². The molecule has 0 bridgehead atoms. The molecule has 4 nitrogen and oxygen atoms in total. The van der Waals surface area contributed by atoms with E-state index in [1.165, 1.54) is 129 Å². The molecule has 0 aliphatic heterocycles. The van der Waals surface area contributed by atoms with Gasteiger partial charge in [-0.1, -0.05) is 97.1 Å². The number of benzene rings is 10. The summed E-state index contributed by atoms with van der Waals surface area (Å²) in [6.45, 7) is 12.8. The molecule has 0 fully saturated rings. The van der Waals surface area contributed by atoms with Gasteiger partial charge in [0, 0.05) is 111 Å². The third kappa shape index (κ3) is 7.00. The van der Waals surface area contributed by atoms with Crippen molar-refractivity contribution in [2.45, 2.75) is 27.7 Å². The summed E-state index contributed by atoms with van der Waals surface area (Å²) in [5.74, 6) is 0. The summed E-state index contributed by atoms with van der Waals surface area (Å²) in [4.78, 5) is 4.82. The molecule has 358 valence electrons. The fourth-order valence-corrected chi connectivity index (χ4v) is 14.5. The monoisotopic (exact) mass is 990 g/mol. The third-order valence-electron chi connectivity index (χ3n) is 15.8. The Morgan fingerprint density at radius 2 is 0.649 bits per heavy atom. The molecule has 0 amide bonds. The zero-order valence-corrected chi connectivity index (χ0v) is 43.7. The number of aromatic nitrogens is 2. The van der Waals surface area contributed by atoms with Crippen molar-refractivity contribution in [3.05, 3.63) is 206 Å². The molecule has 10 aromatic carbocycles. The van der Waals surface area contributed by atoms with Crippen LogP contribution in [0, 0.1) is 0 Å². The minimum atomic E-state index is 0.976. The van der Waals surface area contributed by atoms with Crippen molar-refractivity contribution in [2.75, 3.05) is 36.0 Å². The van der Waals surface area contributed by atoms with E-state index in [4.69, 9.17) is 0 Å². The molecule has 0 saturated carbocycles. The van der Waals surface area contributed by atoms with Crippen molar-refractivity contribution in [3.63, 3.8) is 0 Å². The van der Waals surface area contributed by atoms with Crippen molar-refractivity contribution in [1.82, 2.24) is 9.13 Å². The average molecular weight is 991 g/mol. The second-order valence-corrected chi connectivity index (χ2v) is 21.6. The summed E-state index contributed by atoms with van der Waals surface area (Å²) >= 11 is 3.79. The highest BCUT2D eigenvalue weighted by atomic mass is 32.1. The van der Waals surface area contributed by atoms with Crippen LogP contribution in [0.25, 0.3) is 129 Å². The lowest BCUT2D eigenvalue weighted by Crippen LogP contribution is -2.21. The topological polar surface area (TPSA) is 16.3 Å². The van der Waals surface area contributed by atoms with Crippen molar-refractivity contribution in [1.29, 1.82) is 0 Å². The van der Waals surface area contributed by atoms with E-state index in [1.54, 1.807) is 0 Å². The Kier molecular flexibility index (Phi) is 10.7. The first-order valence-corrected chi connectivity index (χ1v) is 27.8. The molecule has 0 aliphatic carbocycles. The maximum absolute atomic E-state index is 2.46. The van der Waals surface area contributed by atoms with Crippen LogP contribution in [0.1, 0.15) is 27.7 Å². The summed E-state index contributed by atoms with van der Waals surface area (Å²) in [5.41, 5.74) is 17.0. The molecule has 0 unspecified atom stereocenters. The Morgan fingerprint density at radius 1 is 0.311 bits per heavy atom. The van der Waals surface area contributed by atoms with Crippen LogP contribution in [-0.4, -0.2) is 35.3 Å². The number of nitrogens with zero attached hydrogens (tertiary/aromatic N) is 4. The van der Waals surface area contributed by atoms with Crippen molar-refractivity contribution in [3.8, 4) is 44.8 Å². The van der Waals surface area contributed by atoms with Crippen LogP contribution in [0.2, 0.25) is 0 Å². The molecule has 14 aromatic rings. The van der Waals surface area contributed by atoms with Crippen LogP contribution < -0.4 is 9.80 Å². The highest BCUT2D eigenvalue weighted by Gasteiger charge is 2.20. The fourth-order valence-electron chi connectivity index (χ4n) is 12.0. The SMILES string of the molecule is CCN(CC)c1ccc(-n2c3ccc(-c4ccc5c(c4)c4cc(-c6cccc7c6sc6ccccc67)ccc4n5-c4ccc(N(CC)CC)cc4)cc3c3cc(-c4cccc5c4sc4ccccc45)ccc32)cc1. The normalized spacial score (nSPS) is 12.0.